The number of nitrogens with one attached hydrogen (secondary N) is 1. The smallest absolute Gasteiger partial charge is 0.213 e. The minimum atomic E-state index is 0.295. The summed E-state index contributed by atoms with van der Waals surface area (Å²) in [5.41, 5.74) is 2.62. The molecular formula is C16H28N2O. The topological polar surface area (TPSA) is 34.1 Å². The van der Waals surface area contributed by atoms with Gasteiger partial charge in [-0.25, -0.2) is 4.98 Å². The van der Waals surface area contributed by atoms with Gasteiger partial charge in [-0.1, -0.05) is 34.6 Å². The largest absolute Gasteiger partial charge is 0.478 e. The van der Waals surface area contributed by atoms with Crippen LogP contribution in [-0.2, 0) is 6.54 Å². The maximum Gasteiger partial charge on any atom is 0.213 e. The van der Waals surface area contributed by atoms with Gasteiger partial charge in [-0.2, -0.15) is 0 Å². The fraction of sp³-hybridized carbons (Fsp3) is 0.688. The lowest BCUT2D eigenvalue weighted by Crippen LogP contribution is -2.12. The molecule has 108 valence electrons. The molecule has 0 saturated heterocycles. The Morgan fingerprint density at radius 1 is 1.26 bits per heavy atom. The molecule has 3 nitrogen and oxygen atoms in total. The number of pyridine rings is 1. The predicted octanol–water partition coefficient (Wildman–Crippen LogP) is 3.74. The third-order valence-corrected chi connectivity index (χ3v) is 2.96. The SMILES string of the molecule is CNCc1cc(OCCC(C)(C)C)nc(C(C)C)c1. The molecule has 1 N–H and O–H groups in total. The second kappa shape index (κ2) is 6.90. The first-order valence-electron chi connectivity index (χ1n) is 7.10. The second-order valence-corrected chi connectivity index (χ2v) is 6.58. The van der Waals surface area contributed by atoms with Crippen LogP contribution in [-0.4, -0.2) is 18.6 Å². The van der Waals surface area contributed by atoms with Gasteiger partial charge in [0.25, 0.3) is 0 Å². The first-order valence-corrected chi connectivity index (χ1v) is 7.10. The van der Waals surface area contributed by atoms with Gasteiger partial charge in [-0.15, -0.1) is 0 Å². The van der Waals surface area contributed by atoms with E-state index in [-0.39, 0.29) is 0 Å². The van der Waals surface area contributed by atoms with Crippen LogP contribution in [0.25, 0.3) is 0 Å². The number of rotatable bonds is 6. The van der Waals surface area contributed by atoms with Crippen molar-refractivity contribution in [1.29, 1.82) is 0 Å². The van der Waals surface area contributed by atoms with Gasteiger partial charge in [0.2, 0.25) is 5.88 Å². The zero-order valence-corrected chi connectivity index (χ0v) is 13.2. The van der Waals surface area contributed by atoms with Crippen molar-refractivity contribution in [3.05, 3.63) is 23.4 Å². The van der Waals surface area contributed by atoms with Gasteiger partial charge >= 0.3 is 0 Å². The molecule has 0 aliphatic carbocycles. The van der Waals surface area contributed by atoms with Crippen LogP contribution in [0.3, 0.4) is 0 Å². The van der Waals surface area contributed by atoms with E-state index < -0.39 is 0 Å². The molecule has 0 radical (unpaired) electrons. The molecule has 0 spiro atoms. The van der Waals surface area contributed by atoms with Gasteiger partial charge < -0.3 is 10.1 Å². The molecule has 0 aliphatic rings. The molecule has 0 atom stereocenters. The monoisotopic (exact) mass is 264 g/mol. The van der Waals surface area contributed by atoms with Crippen molar-refractivity contribution in [3.63, 3.8) is 0 Å². The van der Waals surface area contributed by atoms with Crippen LogP contribution in [0.15, 0.2) is 12.1 Å². The normalized spacial score (nSPS) is 11.9. The van der Waals surface area contributed by atoms with E-state index in [1.165, 1.54) is 5.56 Å². The van der Waals surface area contributed by atoms with Gasteiger partial charge in [-0.3, -0.25) is 0 Å². The van der Waals surface area contributed by atoms with Crippen LogP contribution >= 0.6 is 0 Å². The second-order valence-electron chi connectivity index (χ2n) is 6.58. The Labute approximate surface area is 117 Å². The summed E-state index contributed by atoms with van der Waals surface area (Å²) in [6.45, 7) is 12.5. The van der Waals surface area contributed by atoms with Gasteiger partial charge in [0.1, 0.15) is 0 Å². The highest BCUT2D eigenvalue weighted by atomic mass is 16.5. The Balaban J connectivity index is 2.75. The average molecular weight is 264 g/mol. The Morgan fingerprint density at radius 2 is 1.95 bits per heavy atom. The molecule has 1 rings (SSSR count). The summed E-state index contributed by atoms with van der Waals surface area (Å²) in [5, 5.41) is 3.17. The summed E-state index contributed by atoms with van der Waals surface area (Å²) in [6, 6.07) is 4.18. The summed E-state index contributed by atoms with van der Waals surface area (Å²) in [4.78, 5) is 4.58. The number of ether oxygens (including phenoxy) is 1. The Hall–Kier alpha value is -1.09. The lowest BCUT2D eigenvalue weighted by atomic mass is 9.93. The summed E-state index contributed by atoms with van der Waals surface area (Å²) < 4.78 is 5.82. The van der Waals surface area contributed by atoms with E-state index in [1.807, 2.05) is 13.1 Å². The average Bonchev–Trinajstić information content (AvgIpc) is 2.27. The molecule has 1 aromatic heterocycles. The maximum absolute atomic E-state index is 5.82. The van der Waals surface area contributed by atoms with Crippen LogP contribution in [0.4, 0.5) is 0 Å². The highest BCUT2D eigenvalue weighted by molar-refractivity contribution is 5.26. The van der Waals surface area contributed by atoms with Crippen LogP contribution in [0, 0.1) is 5.41 Å². The molecule has 19 heavy (non-hydrogen) atoms. The zero-order valence-electron chi connectivity index (χ0n) is 13.2. The third-order valence-electron chi connectivity index (χ3n) is 2.96. The number of aromatic nitrogens is 1. The minimum absolute atomic E-state index is 0.295. The van der Waals surface area contributed by atoms with Crippen LogP contribution < -0.4 is 10.1 Å². The number of hydrogen-bond acceptors (Lipinski definition) is 3. The van der Waals surface area contributed by atoms with E-state index in [9.17, 15) is 0 Å². The molecule has 0 aromatic carbocycles. The highest BCUT2D eigenvalue weighted by Gasteiger charge is 2.11. The Morgan fingerprint density at radius 3 is 2.47 bits per heavy atom. The molecule has 0 aliphatic heterocycles. The van der Waals surface area contributed by atoms with Gasteiger partial charge in [0.05, 0.1) is 6.61 Å². The first-order chi connectivity index (χ1) is 8.81. The molecule has 3 heteroatoms. The van der Waals surface area contributed by atoms with E-state index in [4.69, 9.17) is 4.74 Å². The van der Waals surface area contributed by atoms with Crippen LogP contribution in [0.5, 0.6) is 5.88 Å². The standard InChI is InChI=1S/C16H28N2O/c1-12(2)14-9-13(11-17-6)10-15(18-14)19-8-7-16(3,4)5/h9-10,12,17H,7-8,11H2,1-6H3. The Kier molecular flexibility index (Phi) is 5.80. The van der Waals surface area contributed by atoms with E-state index in [0.29, 0.717) is 11.3 Å². The summed E-state index contributed by atoms with van der Waals surface area (Å²) in [7, 11) is 1.95. The summed E-state index contributed by atoms with van der Waals surface area (Å²) in [5.74, 6) is 1.17. The van der Waals surface area contributed by atoms with E-state index in [0.717, 1.165) is 31.1 Å². The van der Waals surface area contributed by atoms with Crippen molar-refractivity contribution in [1.82, 2.24) is 10.3 Å². The first kappa shape index (κ1) is 16.0. The van der Waals surface area contributed by atoms with E-state index in [1.54, 1.807) is 0 Å². The summed E-state index contributed by atoms with van der Waals surface area (Å²) in [6.07, 6.45) is 1.03. The van der Waals surface area contributed by atoms with Crippen molar-refractivity contribution in [3.8, 4) is 5.88 Å². The van der Waals surface area contributed by atoms with Crippen molar-refractivity contribution in [2.75, 3.05) is 13.7 Å². The lowest BCUT2D eigenvalue weighted by Gasteiger charge is -2.18. The molecule has 0 saturated carbocycles. The molecule has 0 amide bonds. The maximum atomic E-state index is 5.82. The lowest BCUT2D eigenvalue weighted by molar-refractivity contribution is 0.235. The molecular weight excluding hydrogens is 236 g/mol. The zero-order chi connectivity index (χ0) is 14.5. The van der Waals surface area contributed by atoms with Crippen molar-refractivity contribution in [2.45, 2.75) is 53.5 Å². The van der Waals surface area contributed by atoms with Crippen molar-refractivity contribution < 1.29 is 4.74 Å². The molecule has 1 heterocycles. The quantitative estimate of drug-likeness (QED) is 0.850. The molecule has 1 aromatic rings. The van der Waals surface area contributed by atoms with E-state index in [2.05, 4.69) is 51.0 Å². The van der Waals surface area contributed by atoms with Crippen LogP contribution in [0.2, 0.25) is 0 Å². The minimum Gasteiger partial charge on any atom is -0.478 e. The van der Waals surface area contributed by atoms with Crippen LogP contribution in [0.1, 0.15) is 58.2 Å². The molecule has 0 bridgehead atoms. The van der Waals surface area contributed by atoms with Gasteiger partial charge in [0, 0.05) is 18.3 Å². The fourth-order valence-electron chi connectivity index (χ4n) is 1.72. The van der Waals surface area contributed by atoms with Crippen molar-refractivity contribution in [2.24, 2.45) is 5.41 Å². The number of nitrogens with zero attached hydrogens (tertiary/aromatic N) is 1. The number of hydrogen-bond donors (Lipinski definition) is 1. The summed E-state index contributed by atoms with van der Waals surface area (Å²) >= 11 is 0. The molecule has 0 fully saturated rings. The fourth-order valence-corrected chi connectivity index (χ4v) is 1.72. The van der Waals surface area contributed by atoms with E-state index >= 15 is 0 Å². The molecule has 0 unspecified atom stereocenters. The van der Waals surface area contributed by atoms with Gasteiger partial charge in [-0.05, 0) is 36.4 Å². The Bertz CT molecular complexity index is 394. The third kappa shape index (κ3) is 6.06. The highest BCUT2D eigenvalue weighted by Crippen LogP contribution is 2.21. The predicted molar refractivity (Wildman–Crippen MR) is 80.7 cm³/mol. The van der Waals surface area contributed by atoms with Gasteiger partial charge in [0.15, 0.2) is 0 Å². The van der Waals surface area contributed by atoms with Crippen molar-refractivity contribution >= 4 is 0 Å².